The van der Waals surface area contributed by atoms with E-state index in [1.165, 1.54) is 0 Å². The zero-order valence-corrected chi connectivity index (χ0v) is 12.8. The van der Waals surface area contributed by atoms with Gasteiger partial charge in [-0.3, -0.25) is 9.88 Å². The first-order valence-electron chi connectivity index (χ1n) is 7.50. The zero-order valence-electron chi connectivity index (χ0n) is 12.8. The smallest absolute Gasteiger partial charge is 0.137 e. The summed E-state index contributed by atoms with van der Waals surface area (Å²) in [5.41, 5.74) is 1.09. The van der Waals surface area contributed by atoms with Crippen molar-refractivity contribution in [1.29, 1.82) is 0 Å². The maximum Gasteiger partial charge on any atom is 0.137 e. The van der Waals surface area contributed by atoms with E-state index in [0.717, 1.165) is 56.4 Å². The van der Waals surface area contributed by atoms with Crippen molar-refractivity contribution in [2.24, 2.45) is 5.92 Å². The zero-order chi connectivity index (χ0) is 14.4. The van der Waals surface area contributed by atoms with Crippen molar-refractivity contribution in [3.63, 3.8) is 0 Å². The van der Waals surface area contributed by atoms with Gasteiger partial charge in [0.25, 0.3) is 0 Å². The van der Waals surface area contributed by atoms with Crippen LogP contribution in [0.3, 0.4) is 0 Å². The average Bonchev–Trinajstić information content (AvgIpc) is 2.87. The van der Waals surface area contributed by atoms with Crippen LogP contribution in [0, 0.1) is 5.92 Å². The van der Waals surface area contributed by atoms with E-state index in [1.54, 1.807) is 13.3 Å². The summed E-state index contributed by atoms with van der Waals surface area (Å²) in [6.07, 6.45) is 4.46. The third kappa shape index (κ3) is 4.76. The molecule has 0 aliphatic carbocycles. The molecule has 20 heavy (non-hydrogen) atoms. The van der Waals surface area contributed by atoms with Gasteiger partial charge in [0.05, 0.1) is 25.1 Å². The molecular weight excluding hydrogens is 252 g/mol. The lowest BCUT2D eigenvalue weighted by atomic mass is 10.1. The van der Waals surface area contributed by atoms with Crippen molar-refractivity contribution in [3.8, 4) is 5.75 Å². The highest BCUT2D eigenvalue weighted by molar-refractivity contribution is 5.19. The molecule has 0 saturated carbocycles. The summed E-state index contributed by atoms with van der Waals surface area (Å²) in [6.45, 7) is 8.37. The Kier molecular flexibility index (Phi) is 5.80. The van der Waals surface area contributed by atoms with Gasteiger partial charge in [0, 0.05) is 26.2 Å². The van der Waals surface area contributed by atoms with Gasteiger partial charge in [-0.2, -0.15) is 0 Å². The summed E-state index contributed by atoms with van der Waals surface area (Å²) < 4.78 is 11.1. The van der Waals surface area contributed by atoms with Crippen LogP contribution in [0.1, 0.15) is 32.4 Å². The molecule has 0 amide bonds. The first-order valence-corrected chi connectivity index (χ1v) is 7.50. The molecule has 1 aliphatic heterocycles. The molecule has 1 atom stereocenters. The van der Waals surface area contributed by atoms with Crippen LogP contribution in [0.15, 0.2) is 18.3 Å². The average molecular weight is 278 g/mol. The monoisotopic (exact) mass is 278 g/mol. The van der Waals surface area contributed by atoms with E-state index in [0.29, 0.717) is 6.10 Å². The van der Waals surface area contributed by atoms with Gasteiger partial charge in [-0.05, 0) is 30.9 Å². The minimum atomic E-state index is 0.395. The molecule has 2 heterocycles. The molecule has 0 spiro atoms. The number of hydrogen-bond acceptors (Lipinski definition) is 4. The van der Waals surface area contributed by atoms with Crippen LogP contribution in [0.5, 0.6) is 5.75 Å². The molecule has 4 nitrogen and oxygen atoms in total. The van der Waals surface area contributed by atoms with Crippen LogP contribution < -0.4 is 4.74 Å². The van der Waals surface area contributed by atoms with Gasteiger partial charge in [0.15, 0.2) is 0 Å². The summed E-state index contributed by atoms with van der Waals surface area (Å²) in [7, 11) is 1.66. The van der Waals surface area contributed by atoms with Crippen molar-refractivity contribution in [3.05, 3.63) is 24.0 Å². The van der Waals surface area contributed by atoms with Crippen LogP contribution in [0.25, 0.3) is 0 Å². The molecule has 112 valence electrons. The van der Waals surface area contributed by atoms with Crippen LogP contribution in [-0.4, -0.2) is 42.8 Å². The largest absolute Gasteiger partial charge is 0.495 e. The molecule has 0 aromatic carbocycles. The first kappa shape index (κ1) is 15.3. The van der Waals surface area contributed by atoms with Crippen LogP contribution in [-0.2, 0) is 11.3 Å². The third-order valence-corrected chi connectivity index (χ3v) is 3.70. The van der Waals surface area contributed by atoms with Crippen LogP contribution >= 0.6 is 0 Å². The summed E-state index contributed by atoms with van der Waals surface area (Å²) in [5, 5.41) is 0. The second-order valence-electron chi connectivity index (χ2n) is 5.89. The van der Waals surface area contributed by atoms with E-state index < -0.39 is 0 Å². The number of rotatable bonds is 7. The highest BCUT2D eigenvalue weighted by Crippen LogP contribution is 2.17. The molecule has 1 aliphatic rings. The highest BCUT2D eigenvalue weighted by Gasteiger charge is 2.23. The van der Waals surface area contributed by atoms with E-state index in [1.807, 2.05) is 12.1 Å². The molecule has 1 fully saturated rings. The van der Waals surface area contributed by atoms with E-state index in [4.69, 9.17) is 9.47 Å². The topological polar surface area (TPSA) is 34.6 Å². The standard InChI is InChI=1S/C16H26N2O2/c1-13(2)7-9-20-16-6-8-18(12-16)11-14-4-5-15(19-3)10-17-14/h4-5,10,13,16H,6-9,11-12H2,1-3H3/t16-/m0/s1. The van der Waals surface area contributed by atoms with E-state index >= 15 is 0 Å². The number of hydrogen-bond donors (Lipinski definition) is 0. The van der Waals surface area contributed by atoms with E-state index in [9.17, 15) is 0 Å². The molecule has 4 heteroatoms. The predicted molar refractivity (Wildman–Crippen MR) is 79.9 cm³/mol. The Morgan fingerprint density at radius 2 is 2.25 bits per heavy atom. The Morgan fingerprint density at radius 1 is 1.40 bits per heavy atom. The molecule has 1 aromatic rings. The normalized spacial score (nSPS) is 19.7. The molecule has 0 bridgehead atoms. The van der Waals surface area contributed by atoms with Gasteiger partial charge in [-0.25, -0.2) is 0 Å². The third-order valence-electron chi connectivity index (χ3n) is 3.70. The summed E-state index contributed by atoms with van der Waals surface area (Å²) in [4.78, 5) is 6.83. The summed E-state index contributed by atoms with van der Waals surface area (Å²) in [5.74, 6) is 1.53. The Hall–Kier alpha value is -1.13. The fraction of sp³-hybridized carbons (Fsp3) is 0.688. The first-order chi connectivity index (χ1) is 9.67. The van der Waals surface area contributed by atoms with E-state index in [-0.39, 0.29) is 0 Å². The number of aromatic nitrogens is 1. The number of methoxy groups -OCH3 is 1. The summed E-state index contributed by atoms with van der Waals surface area (Å²) in [6, 6.07) is 4.00. The minimum Gasteiger partial charge on any atom is -0.495 e. The minimum absolute atomic E-state index is 0.395. The van der Waals surface area contributed by atoms with E-state index in [2.05, 4.69) is 23.7 Å². The van der Waals surface area contributed by atoms with Crippen molar-refractivity contribution in [2.45, 2.75) is 39.3 Å². The molecule has 1 saturated heterocycles. The fourth-order valence-electron chi connectivity index (χ4n) is 2.40. The molecule has 0 N–H and O–H groups in total. The van der Waals surface area contributed by atoms with Crippen molar-refractivity contribution in [1.82, 2.24) is 9.88 Å². The Morgan fingerprint density at radius 3 is 2.90 bits per heavy atom. The SMILES string of the molecule is COc1ccc(CN2CC[C@H](OCCC(C)C)C2)nc1. The number of pyridine rings is 1. The van der Waals surface area contributed by atoms with Gasteiger partial charge in [-0.15, -0.1) is 0 Å². The second-order valence-corrected chi connectivity index (χ2v) is 5.89. The Labute approximate surface area is 122 Å². The molecule has 2 rings (SSSR count). The molecule has 1 aromatic heterocycles. The highest BCUT2D eigenvalue weighted by atomic mass is 16.5. The summed E-state index contributed by atoms with van der Waals surface area (Å²) >= 11 is 0. The van der Waals surface area contributed by atoms with Crippen molar-refractivity contribution in [2.75, 3.05) is 26.8 Å². The second kappa shape index (κ2) is 7.60. The van der Waals surface area contributed by atoms with Crippen molar-refractivity contribution < 1.29 is 9.47 Å². The number of nitrogens with zero attached hydrogens (tertiary/aromatic N) is 2. The van der Waals surface area contributed by atoms with Gasteiger partial charge in [0.1, 0.15) is 5.75 Å². The Bertz CT molecular complexity index is 392. The van der Waals surface area contributed by atoms with Gasteiger partial charge in [-0.1, -0.05) is 13.8 Å². The van der Waals surface area contributed by atoms with Crippen LogP contribution in [0.2, 0.25) is 0 Å². The van der Waals surface area contributed by atoms with Crippen LogP contribution in [0.4, 0.5) is 0 Å². The quantitative estimate of drug-likeness (QED) is 0.768. The lowest BCUT2D eigenvalue weighted by Crippen LogP contribution is -2.23. The Balaban J connectivity index is 1.72. The fourth-order valence-corrected chi connectivity index (χ4v) is 2.40. The molecule has 0 unspecified atom stereocenters. The lowest BCUT2D eigenvalue weighted by Gasteiger charge is -2.16. The van der Waals surface area contributed by atoms with Gasteiger partial charge in [0.2, 0.25) is 0 Å². The molecular formula is C16H26N2O2. The molecule has 0 radical (unpaired) electrons. The van der Waals surface area contributed by atoms with Gasteiger partial charge < -0.3 is 9.47 Å². The number of ether oxygens (including phenoxy) is 2. The number of likely N-dealkylation sites (tertiary alicyclic amines) is 1. The predicted octanol–water partition coefficient (Wildman–Crippen LogP) is 2.73. The van der Waals surface area contributed by atoms with Gasteiger partial charge >= 0.3 is 0 Å². The maximum absolute atomic E-state index is 5.94. The lowest BCUT2D eigenvalue weighted by molar-refractivity contribution is 0.0517. The van der Waals surface area contributed by atoms with Crippen molar-refractivity contribution >= 4 is 0 Å². The maximum atomic E-state index is 5.94.